The Bertz CT molecular complexity index is 892. The van der Waals surface area contributed by atoms with Crippen LogP contribution in [0.5, 0.6) is 0 Å². The van der Waals surface area contributed by atoms with Gasteiger partial charge in [-0.25, -0.2) is 4.79 Å². The van der Waals surface area contributed by atoms with Crippen molar-refractivity contribution in [3.63, 3.8) is 0 Å². The van der Waals surface area contributed by atoms with Gasteiger partial charge in [-0.15, -0.1) is 0 Å². The number of ether oxygens (including phenoxy) is 1. The second-order valence-corrected chi connectivity index (χ2v) is 6.90. The van der Waals surface area contributed by atoms with Crippen LogP contribution in [-0.4, -0.2) is 23.4 Å². The molecule has 1 atom stereocenters. The van der Waals surface area contributed by atoms with Gasteiger partial charge in [0, 0.05) is 12.1 Å². The van der Waals surface area contributed by atoms with Crippen LogP contribution in [0.2, 0.25) is 0 Å². The van der Waals surface area contributed by atoms with Crippen molar-refractivity contribution in [1.29, 1.82) is 0 Å². The van der Waals surface area contributed by atoms with Crippen LogP contribution in [0.25, 0.3) is 0 Å². The van der Waals surface area contributed by atoms with Crippen LogP contribution in [0.1, 0.15) is 52.9 Å². The van der Waals surface area contributed by atoms with E-state index < -0.39 is 23.4 Å². The van der Waals surface area contributed by atoms with E-state index in [0.717, 1.165) is 18.4 Å². The molecule has 1 N–H and O–H groups in total. The molecule has 0 saturated carbocycles. The summed E-state index contributed by atoms with van der Waals surface area (Å²) >= 11 is 0. The summed E-state index contributed by atoms with van der Waals surface area (Å²) < 4.78 is 5.00. The summed E-state index contributed by atoms with van der Waals surface area (Å²) in [5.41, 5.74) is 3.78. The molecule has 0 aliphatic heterocycles. The summed E-state index contributed by atoms with van der Waals surface area (Å²) in [5.74, 6) is -1.10. The number of hydrogen-bond acceptors (Lipinski definition) is 5. The Morgan fingerprint density at radius 1 is 1.11 bits per heavy atom. The van der Waals surface area contributed by atoms with Crippen LogP contribution in [0.15, 0.2) is 42.5 Å². The molecule has 0 fully saturated rings. The molecule has 2 aromatic carbocycles. The highest BCUT2D eigenvalue weighted by Gasteiger charge is 2.16. The third-order valence-electron chi connectivity index (χ3n) is 4.90. The molecule has 28 heavy (non-hydrogen) atoms. The molecule has 0 bridgehead atoms. The Balaban J connectivity index is 1.52. The summed E-state index contributed by atoms with van der Waals surface area (Å²) in [4.78, 5) is 34.2. The molecular weight excluding hydrogens is 360 g/mol. The molecule has 7 heteroatoms. The summed E-state index contributed by atoms with van der Waals surface area (Å²) in [6.45, 7) is 1.48. The normalized spacial score (nSPS) is 13.9. The Kier molecular flexibility index (Phi) is 6.03. The van der Waals surface area contributed by atoms with E-state index in [1.807, 2.05) is 13.0 Å². The number of nitrogens with one attached hydrogen (secondary N) is 1. The van der Waals surface area contributed by atoms with E-state index in [9.17, 15) is 19.7 Å². The number of amides is 1. The lowest BCUT2D eigenvalue weighted by Gasteiger charge is -2.20. The van der Waals surface area contributed by atoms with Gasteiger partial charge < -0.3 is 10.1 Å². The number of benzene rings is 2. The number of fused-ring (bicyclic) bond motifs is 1. The van der Waals surface area contributed by atoms with Crippen molar-refractivity contribution in [3.8, 4) is 0 Å². The lowest BCUT2D eigenvalue weighted by molar-refractivity contribution is -0.384. The predicted molar refractivity (Wildman–Crippen MR) is 103 cm³/mol. The standard InChI is InChI=1S/C21H22N2O5/c1-14(17-7-6-15-4-2-3-5-18(15)12-17)22-20(24)13-28-21(25)16-8-10-19(11-9-16)23(26)27/h6-12,14H,2-5,13H2,1H3,(H,22,24)/t14-/m0/s1. The number of aryl methyl sites for hydroxylation is 2. The van der Waals surface area contributed by atoms with E-state index >= 15 is 0 Å². The molecule has 1 aliphatic carbocycles. The summed E-state index contributed by atoms with van der Waals surface area (Å²) in [5, 5.41) is 13.5. The smallest absolute Gasteiger partial charge is 0.338 e. The van der Waals surface area contributed by atoms with Crippen molar-refractivity contribution in [2.75, 3.05) is 6.61 Å². The summed E-state index contributed by atoms with van der Waals surface area (Å²) in [7, 11) is 0. The number of non-ortho nitro benzene ring substituents is 1. The van der Waals surface area contributed by atoms with Crippen molar-refractivity contribution in [3.05, 3.63) is 74.8 Å². The highest BCUT2D eigenvalue weighted by atomic mass is 16.6. The number of carbonyl (C=O) groups excluding carboxylic acids is 2. The third-order valence-corrected chi connectivity index (χ3v) is 4.90. The molecule has 1 amide bonds. The van der Waals surface area contributed by atoms with Gasteiger partial charge in [0.25, 0.3) is 11.6 Å². The molecule has 146 valence electrons. The van der Waals surface area contributed by atoms with Crippen LogP contribution >= 0.6 is 0 Å². The van der Waals surface area contributed by atoms with E-state index in [1.54, 1.807) is 0 Å². The Labute approximate surface area is 162 Å². The number of nitro benzene ring substituents is 1. The van der Waals surface area contributed by atoms with Crippen molar-refractivity contribution in [2.24, 2.45) is 0 Å². The average molecular weight is 382 g/mol. The highest BCUT2D eigenvalue weighted by Crippen LogP contribution is 2.24. The lowest BCUT2D eigenvalue weighted by Crippen LogP contribution is -2.31. The first-order valence-corrected chi connectivity index (χ1v) is 9.26. The highest BCUT2D eigenvalue weighted by molar-refractivity contribution is 5.91. The van der Waals surface area contributed by atoms with Gasteiger partial charge >= 0.3 is 5.97 Å². The van der Waals surface area contributed by atoms with Crippen molar-refractivity contribution >= 4 is 17.6 Å². The van der Waals surface area contributed by atoms with Crippen LogP contribution < -0.4 is 5.32 Å². The molecule has 0 aromatic heterocycles. The van der Waals surface area contributed by atoms with Crippen molar-refractivity contribution in [2.45, 2.75) is 38.6 Å². The second kappa shape index (κ2) is 8.65. The molecule has 2 aromatic rings. The van der Waals surface area contributed by atoms with Gasteiger partial charge in [-0.05, 0) is 61.4 Å². The van der Waals surface area contributed by atoms with Crippen molar-refractivity contribution in [1.82, 2.24) is 5.32 Å². The Hall–Kier alpha value is -3.22. The fourth-order valence-corrected chi connectivity index (χ4v) is 3.32. The Morgan fingerprint density at radius 3 is 2.46 bits per heavy atom. The third kappa shape index (κ3) is 4.73. The van der Waals surface area contributed by atoms with Crippen LogP contribution in [0.3, 0.4) is 0 Å². The number of rotatable bonds is 6. The minimum absolute atomic E-state index is 0.117. The molecule has 0 saturated heterocycles. The van der Waals surface area contributed by atoms with Crippen LogP contribution in [-0.2, 0) is 22.4 Å². The van der Waals surface area contributed by atoms with Crippen LogP contribution in [0.4, 0.5) is 5.69 Å². The maximum Gasteiger partial charge on any atom is 0.338 e. The Morgan fingerprint density at radius 2 is 1.79 bits per heavy atom. The summed E-state index contributed by atoms with van der Waals surface area (Å²) in [6, 6.07) is 11.1. The number of nitro groups is 1. The number of carbonyl (C=O) groups is 2. The maximum absolute atomic E-state index is 12.1. The molecule has 0 radical (unpaired) electrons. The molecular formula is C21H22N2O5. The van der Waals surface area contributed by atoms with Gasteiger partial charge in [0.15, 0.2) is 6.61 Å². The fraction of sp³-hybridized carbons (Fsp3) is 0.333. The number of hydrogen-bond donors (Lipinski definition) is 1. The van der Waals surface area contributed by atoms with Gasteiger partial charge in [0.05, 0.1) is 16.5 Å². The number of esters is 1. The quantitative estimate of drug-likeness (QED) is 0.468. The van der Waals surface area contributed by atoms with Gasteiger partial charge in [0.1, 0.15) is 0 Å². The van der Waals surface area contributed by atoms with E-state index in [2.05, 4.69) is 17.4 Å². The maximum atomic E-state index is 12.1. The molecule has 1 aliphatic rings. The first-order chi connectivity index (χ1) is 13.4. The van der Waals surface area contributed by atoms with Crippen molar-refractivity contribution < 1.29 is 19.2 Å². The average Bonchev–Trinajstić information content (AvgIpc) is 2.71. The first-order valence-electron chi connectivity index (χ1n) is 9.26. The van der Waals surface area contributed by atoms with E-state index in [1.165, 1.54) is 48.2 Å². The molecule has 3 rings (SSSR count). The van der Waals surface area contributed by atoms with Gasteiger partial charge in [-0.2, -0.15) is 0 Å². The fourth-order valence-electron chi connectivity index (χ4n) is 3.32. The first kappa shape index (κ1) is 19.5. The zero-order valence-electron chi connectivity index (χ0n) is 15.6. The molecule has 0 heterocycles. The summed E-state index contributed by atoms with van der Waals surface area (Å²) in [6.07, 6.45) is 4.58. The zero-order valence-corrected chi connectivity index (χ0v) is 15.6. The van der Waals surface area contributed by atoms with E-state index in [-0.39, 0.29) is 17.3 Å². The van der Waals surface area contributed by atoms with E-state index in [0.29, 0.717) is 0 Å². The monoisotopic (exact) mass is 382 g/mol. The zero-order chi connectivity index (χ0) is 20.1. The molecule has 0 spiro atoms. The largest absolute Gasteiger partial charge is 0.452 e. The minimum atomic E-state index is -0.702. The molecule has 0 unspecified atom stereocenters. The SMILES string of the molecule is C[C@H](NC(=O)COC(=O)c1ccc([N+](=O)[O-])cc1)c1ccc2c(c1)CCCC2. The molecule has 7 nitrogen and oxygen atoms in total. The van der Waals surface area contributed by atoms with Crippen LogP contribution in [0, 0.1) is 10.1 Å². The van der Waals surface area contributed by atoms with Gasteiger partial charge in [0.2, 0.25) is 0 Å². The second-order valence-electron chi connectivity index (χ2n) is 6.90. The lowest BCUT2D eigenvalue weighted by atomic mass is 9.89. The predicted octanol–water partition coefficient (Wildman–Crippen LogP) is 3.51. The minimum Gasteiger partial charge on any atom is -0.452 e. The van der Waals surface area contributed by atoms with E-state index in [4.69, 9.17) is 4.74 Å². The number of nitrogens with zero attached hydrogens (tertiary/aromatic N) is 1. The van der Waals surface area contributed by atoms with Gasteiger partial charge in [-0.3, -0.25) is 14.9 Å². The van der Waals surface area contributed by atoms with Gasteiger partial charge in [-0.1, -0.05) is 18.2 Å². The topological polar surface area (TPSA) is 98.5 Å².